The van der Waals surface area contributed by atoms with Crippen LogP contribution in [0.5, 0.6) is 0 Å². The lowest BCUT2D eigenvalue weighted by Crippen LogP contribution is -2.31. The van der Waals surface area contributed by atoms with Gasteiger partial charge in [0.2, 0.25) is 5.91 Å². The van der Waals surface area contributed by atoms with Crippen LogP contribution in [0, 0.1) is 0 Å². The first-order chi connectivity index (χ1) is 12.5. The van der Waals surface area contributed by atoms with Crippen molar-refractivity contribution in [1.29, 1.82) is 0 Å². The number of urea groups is 1. The molecule has 0 radical (unpaired) electrons. The Morgan fingerprint density at radius 1 is 1.15 bits per heavy atom. The topological polar surface area (TPSA) is 88.6 Å². The second kappa shape index (κ2) is 7.31. The van der Waals surface area contributed by atoms with Crippen LogP contribution in [0.2, 0.25) is 0 Å². The van der Waals surface area contributed by atoms with Crippen LogP contribution >= 0.6 is 0 Å². The van der Waals surface area contributed by atoms with Crippen LogP contribution in [0.4, 0.5) is 10.5 Å². The van der Waals surface area contributed by atoms with E-state index in [0.29, 0.717) is 17.8 Å². The number of primary amides is 1. The van der Waals surface area contributed by atoms with Gasteiger partial charge in [-0.15, -0.1) is 0 Å². The molecule has 1 aromatic heterocycles. The zero-order valence-corrected chi connectivity index (χ0v) is 14.8. The summed E-state index contributed by atoms with van der Waals surface area (Å²) in [5, 5.41) is 3.80. The van der Waals surface area contributed by atoms with Crippen LogP contribution in [0.3, 0.4) is 0 Å². The molecule has 134 valence electrons. The van der Waals surface area contributed by atoms with Gasteiger partial charge in [0.15, 0.2) is 0 Å². The lowest BCUT2D eigenvalue weighted by Gasteiger charge is -2.18. The molecule has 6 nitrogen and oxygen atoms in total. The standard InChI is InChI=1S/C20H21N3O3/c1-3-17-16(15-9-4-5-10-18(15)26-17)12-23(2)20(25)22-14-8-6-7-13(11-14)19(21)24/h4-11H,3,12H2,1-2H3,(H2,21,24)(H,22,25). The second-order valence-corrected chi connectivity index (χ2v) is 6.08. The maximum Gasteiger partial charge on any atom is 0.321 e. The van der Waals surface area contributed by atoms with Gasteiger partial charge in [0.25, 0.3) is 0 Å². The van der Waals surface area contributed by atoms with Gasteiger partial charge in [-0.2, -0.15) is 0 Å². The van der Waals surface area contributed by atoms with Gasteiger partial charge in [0.1, 0.15) is 11.3 Å². The average molecular weight is 351 g/mol. The van der Waals surface area contributed by atoms with Crippen LogP contribution in [0.25, 0.3) is 11.0 Å². The first kappa shape index (κ1) is 17.5. The van der Waals surface area contributed by atoms with Crippen LogP contribution in [-0.2, 0) is 13.0 Å². The molecular weight excluding hydrogens is 330 g/mol. The number of anilines is 1. The number of nitrogens with zero attached hydrogens (tertiary/aromatic N) is 1. The largest absolute Gasteiger partial charge is 0.461 e. The fourth-order valence-electron chi connectivity index (χ4n) is 2.89. The van der Waals surface area contributed by atoms with Crippen LogP contribution < -0.4 is 11.1 Å². The van der Waals surface area contributed by atoms with Gasteiger partial charge >= 0.3 is 6.03 Å². The lowest BCUT2D eigenvalue weighted by atomic mass is 10.1. The van der Waals surface area contributed by atoms with E-state index in [-0.39, 0.29) is 6.03 Å². The molecule has 0 spiro atoms. The number of nitrogens with one attached hydrogen (secondary N) is 1. The van der Waals surface area contributed by atoms with Gasteiger partial charge in [-0.3, -0.25) is 4.79 Å². The van der Waals surface area contributed by atoms with Crippen LogP contribution in [0.15, 0.2) is 52.9 Å². The Bertz CT molecular complexity index is 962. The van der Waals surface area contributed by atoms with Crippen LogP contribution in [-0.4, -0.2) is 23.9 Å². The number of para-hydroxylation sites is 1. The minimum Gasteiger partial charge on any atom is -0.461 e. The molecule has 2 aromatic carbocycles. The molecule has 0 saturated carbocycles. The lowest BCUT2D eigenvalue weighted by molar-refractivity contribution is 0.1000. The van der Waals surface area contributed by atoms with Gasteiger partial charge in [0.05, 0.1) is 6.54 Å². The van der Waals surface area contributed by atoms with Crippen molar-refractivity contribution in [3.05, 3.63) is 65.4 Å². The second-order valence-electron chi connectivity index (χ2n) is 6.08. The number of aryl methyl sites for hydroxylation is 1. The molecule has 3 aromatic rings. The van der Waals surface area contributed by atoms with Crippen molar-refractivity contribution >= 4 is 28.6 Å². The zero-order valence-electron chi connectivity index (χ0n) is 14.8. The van der Waals surface area contributed by atoms with E-state index in [1.54, 1.807) is 36.2 Å². The van der Waals surface area contributed by atoms with Crippen molar-refractivity contribution in [3.63, 3.8) is 0 Å². The third-order valence-electron chi connectivity index (χ3n) is 4.24. The van der Waals surface area contributed by atoms with Gasteiger partial charge in [0, 0.05) is 35.7 Å². The number of furan rings is 1. The number of rotatable bonds is 5. The fraction of sp³-hybridized carbons (Fsp3) is 0.200. The van der Waals surface area contributed by atoms with Crippen molar-refractivity contribution in [1.82, 2.24) is 4.90 Å². The van der Waals surface area contributed by atoms with E-state index < -0.39 is 5.91 Å². The van der Waals surface area contributed by atoms with E-state index in [1.807, 2.05) is 31.2 Å². The van der Waals surface area contributed by atoms with E-state index in [9.17, 15) is 9.59 Å². The maximum atomic E-state index is 12.5. The summed E-state index contributed by atoms with van der Waals surface area (Å²) in [6, 6.07) is 14.1. The number of hydrogen-bond acceptors (Lipinski definition) is 3. The van der Waals surface area contributed by atoms with Gasteiger partial charge in [-0.1, -0.05) is 31.2 Å². The van der Waals surface area contributed by atoms with Crippen molar-refractivity contribution < 1.29 is 14.0 Å². The van der Waals surface area contributed by atoms with Gasteiger partial charge < -0.3 is 20.4 Å². The quantitative estimate of drug-likeness (QED) is 0.733. The number of hydrogen-bond donors (Lipinski definition) is 2. The third kappa shape index (κ3) is 3.54. The smallest absolute Gasteiger partial charge is 0.321 e. The third-order valence-corrected chi connectivity index (χ3v) is 4.24. The van der Waals surface area contributed by atoms with Crippen LogP contribution in [0.1, 0.15) is 28.6 Å². The van der Waals surface area contributed by atoms with E-state index in [2.05, 4.69) is 5.32 Å². The first-order valence-corrected chi connectivity index (χ1v) is 8.41. The molecule has 3 rings (SSSR count). The SMILES string of the molecule is CCc1oc2ccccc2c1CN(C)C(=O)Nc1cccc(C(N)=O)c1. The summed E-state index contributed by atoms with van der Waals surface area (Å²) in [7, 11) is 1.72. The van der Waals surface area contributed by atoms with Crippen molar-refractivity contribution in [2.45, 2.75) is 19.9 Å². The van der Waals surface area contributed by atoms with Crippen molar-refractivity contribution in [2.75, 3.05) is 12.4 Å². The van der Waals surface area contributed by atoms with Crippen molar-refractivity contribution in [3.8, 4) is 0 Å². The molecule has 0 fully saturated rings. The summed E-state index contributed by atoms with van der Waals surface area (Å²) in [5.41, 5.74) is 7.97. The Hall–Kier alpha value is -3.28. The number of amides is 3. The molecule has 0 unspecified atom stereocenters. The molecular formula is C20H21N3O3. The molecule has 0 aliphatic heterocycles. The first-order valence-electron chi connectivity index (χ1n) is 8.41. The number of fused-ring (bicyclic) bond motifs is 1. The number of nitrogens with two attached hydrogens (primary N) is 1. The molecule has 0 atom stereocenters. The highest BCUT2D eigenvalue weighted by molar-refractivity contribution is 5.96. The highest BCUT2D eigenvalue weighted by atomic mass is 16.3. The van der Waals surface area contributed by atoms with E-state index in [1.165, 1.54) is 0 Å². The summed E-state index contributed by atoms with van der Waals surface area (Å²) >= 11 is 0. The summed E-state index contributed by atoms with van der Waals surface area (Å²) in [4.78, 5) is 25.4. The van der Waals surface area contributed by atoms with Gasteiger partial charge in [-0.05, 0) is 24.3 Å². The molecule has 3 N–H and O–H groups in total. The van der Waals surface area contributed by atoms with E-state index in [0.717, 1.165) is 28.7 Å². The monoisotopic (exact) mass is 351 g/mol. The number of carbonyl (C=O) groups is 2. The highest BCUT2D eigenvalue weighted by Gasteiger charge is 2.17. The molecule has 3 amide bonds. The summed E-state index contributed by atoms with van der Waals surface area (Å²) in [6.45, 7) is 2.44. The maximum absolute atomic E-state index is 12.5. The molecule has 26 heavy (non-hydrogen) atoms. The average Bonchev–Trinajstić information content (AvgIpc) is 2.99. The molecule has 0 aliphatic carbocycles. The molecule has 0 bridgehead atoms. The Balaban J connectivity index is 1.78. The molecule has 1 heterocycles. The van der Waals surface area contributed by atoms with Crippen molar-refractivity contribution in [2.24, 2.45) is 5.73 Å². The Kier molecular flexibility index (Phi) is 4.93. The Labute approximate surface area is 151 Å². The summed E-state index contributed by atoms with van der Waals surface area (Å²) in [6.07, 6.45) is 0.750. The fourth-order valence-corrected chi connectivity index (χ4v) is 2.89. The number of benzene rings is 2. The normalized spacial score (nSPS) is 10.7. The zero-order chi connectivity index (χ0) is 18.7. The Morgan fingerprint density at radius 2 is 1.92 bits per heavy atom. The van der Waals surface area contributed by atoms with E-state index >= 15 is 0 Å². The summed E-state index contributed by atoms with van der Waals surface area (Å²) in [5.74, 6) is 0.341. The predicted octanol–water partition coefficient (Wildman–Crippen LogP) is 3.76. The molecule has 0 aliphatic rings. The van der Waals surface area contributed by atoms with E-state index in [4.69, 9.17) is 10.2 Å². The molecule has 6 heteroatoms. The minimum atomic E-state index is -0.535. The highest BCUT2D eigenvalue weighted by Crippen LogP contribution is 2.27. The molecule has 0 saturated heterocycles. The summed E-state index contributed by atoms with van der Waals surface area (Å²) < 4.78 is 5.88. The van der Waals surface area contributed by atoms with Gasteiger partial charge in [-0.25, -0.2) is 4.79 Å². The minimum absolute atomic E-state index is 0.279. The number of carbonyl (C=O) groups excluding carboxylic acids is 2. The Morgan fingerprint density at radius 3 is 2.65 bits per heavy atom. The predicted molar refractivity (Wildman–Crippen MR) is 101 cm³/mol.